The first kappa shape index (κ1) is 10.4. The fourth-order valence-corrected chi connectivity index (χ4v) is 0.721. The maximum absolute atomic E-state index is 10.6. The summed E-state index contributed by atoms with van der Waals surface area (Å²) in [5.41, 5.74) is 7.68. The standard InChI is InChI=1S/C6H10N2O2.ClH/c7-6(9)5-2-1-3-8-10-4-5;/h1-2,5,8H,3-4H2,(H2,7,9);1H. The van der Waals surface area contributed by atoms with Gasteiger partial charge in [-0.25, -0.2) is 0 Å². The van der Waals surface area contributed by atoms with Crippen LogP contribution in [-0.2, 0) is 9.63 Å². The van der Waals surface area contributed by atoms with Crippen molar-refractivity contribution in [1.29, 1.82) is 0 Å². The molecule has 0 bridgehead atoms. The Balaban J connectivity index is 0.000001000. The van der Waals surface area contributed by atoms with Gasteiger partial charge in [0.15, 0.2) is 0 Å². The molecular weight excluding hydrogens is 168 g/mol. The zero-order chi connectivity index (χ0) is 7.40. The van der Waals surface area contributed by atoms with Crippen LogP contribution in [0.4, 0.5) is 0 Å². The number of carbonyl (C=O) groups is 1. The van der Waals surface area contributed by atoms with Gasteiger partial charge in [0.1, 0.15) is 0 Å². The van der Waals surface area contributed by atoms with Crippen LogP contribution in [0.3, 0.4) is 0 Å². The van der Waals surface area contributed by atoms with E-state index in [1.54, 1.807) is 6.08 Å². The summed E-state index contributed by atoms with van der Waals surface area (Å²) in [6, 6.07) is 0. The smallest absolute Gasteiger partial charge is 0.226 e. The third-order valence-corrected chi connectivity index (χ3v) is 1.30. The molecule has 0 saturated heterocycles. The average molecular weight is 179 g/mol. The fourth-order valence-electron chi connectivity index (χ4n) is 0.721. The van der Waals surface area contributed by atoms with Crippen LogP contribution in [0.25, 0.3) is 0 Å². The summed E-state index contributed by atoms with van der Waals surface area (Å²) in [5.74, 6) is -0.630. The molecule has 0 radical (unpaired) electrons. The third kappa shape index (κ3) is 3.36. The number of hydrogen-bond acceptors (Lipinski definition) is 3. The van der Waals surface area contributed by atoms with Crippen LogP contribution in [0.1, 0.15) is 0 Å². The Morgan fingerprint density at radius 2 is 2.45 bits per heavy atom. The van der Waals surface area contributed by atoms with E-state index in [4.69, 9.17) is 10.6 Å². The highest BCUT2D eigenvalue weighted by molar-refractivity contribution is 5.85. The highest BCUT2D eigenvalue weighted by atomic mass is 35.5. The molecule has 1 aliphatic heterocycles. The number of rotatable bonds is 1. The quantitative estimate of drug-likeness (QED) is 0.537. The molecule has 11 heavy (non-hydrogen) atoms. The van der Waals surface area contributed by atoms with E-state index >= 15 is 0 Å². The van der Waals surface area contributed by atoms with Crippen LogP contribution in [-0.4, -0.2) is 19.1 Å². The lowest BCUT2D eigenvalue weighted by atomic mass is 10.1. The Labute approximate surface area is 71.1 Å². The molecular formula is C6H11ClN2O2. The molecule has 0 aromatic rings. The molecule has 0 aliphatic carbocycles. The Morgan fingerprint density at radius 3 is 3.09 bits per heavy atom. The molecule has 1 amide bonds. The Hall–Kier alpha value is -0.580. The van der Waals surface area contributed by atoms with Gasteiger partial charge < -0.3 is 10.6 Å². The second-order valence-electron chi connectivity index (χ2n) is 2.10. The van der Waals surface area contributed by atoms with E-state index in [1.165, 1.54) is 0 Å². The number of hydroxylamine groups is 1. The van der Waals surface area contributed by atoms with E-state index in [2.05, 4.69) is 5.48 Å². The van der Waals surface area contributed by atoms with Crippen LogP contribution in [0.15, 0.2) is 12.2 Å². The first-order valence-corrected chi connectivity index (χ1v) is 3.11. The fraction of sp³-hybridized carbons (Fsp3) is 0.500. The van der Waals surface area contributed by atoms with E-state index in [1.807, 2.05) is 6.08 Å². The summed E-state index contributed by atoms with van der Waals surface area (Å²) in [4.78, 5) is 15.4. The van der Waals surface area contributed by atoms with Gasteiger partial charge in [-0.2, -0.15) is 5.48 Å². The zero-order valence-electron chi connectivity index (χ0n) is 5.95. The van der Waals surface area contributed by atoms with Crippen molar-refractivity contribution in [3.63, 3.8) is 0 Å². The molecule has 64 valence electrons. The minimum absolute atomic E-state index is 0. The van der Waals surface area contributed by atoms with Crippen molar-refractivity contribution in [3.05, 3.63) is 12.2 Å². The second-order valence-corrected chi connectivity index (χ2v) is 2.10. The summed E-state index contributed by atoms with van der Waals surface area (Å²) in [7, 11) is 0. The van der Waals surface area contributed by atoms with E-state index in [9.17, 15) is 4.79 Å². The van der Waals surface area contributed by atoms with E-state index < -0.39 is 0 Å². The minimum Gasteiger partial charge on any atom is -0.369 e. The highest BCUT2D eigenvalue weighted by Gasteiger charge is 2.12. The van der Waals surface area contributed by atoms with E-state index in [0.717, 1.165) is 0 Å². The number of nitrogens with two attached hydrogens (primary N) is 1. The normalized spacial score (nSPS) is 23.5. The molecule has 0 saturated carbocycles. The van der Waals surface area contributed by atoms with E-state index in [0.29, 0.717) is 13.2 Å². The van der Waals surface area contributed by atoms with Crippen LogP contribution < -0.4 is 11.2 Å². The van der Waals surface area contributed by atoms with Gasteiger partial charge in [-0.1, -0.05) is 12.2 Å². The molecule has 4 nitrogen and oxygen atoms in total. The summed E-state index contributed by atoms with van der Waals surface area (Å²) in [6.07, 6.45) is 3.57. The number of primary amides is 1. The molecule has 1 atom stereocenters. The summed E-state index contributed by atoms with van der Waals surface area (Å²) >= 11 is 0. The molecule has 1 heterocycles. The Kier molecular flexibility index (Phi) is 4.85. The predicted octanol–water partition coefficient (Wildman–Crippen LogP) is -0.399. The van der Waals surface area contributed by atoms with Gasteiger partial charge in [-0.05, 0) is 0 Å². The van der Waals surface area contributed by atoms with E-state index in [-0.39, 0.29) is 24.2 Å². The lowest BCUT2D eigenvalue weighted by molar-refractivity contribution is -0.122. The maximum Gasteiger partial charge on any atom is 0.226 e. The summed E-state index contributed by atoms with van der Waals surface area (Å²) in [6.45, 7) is 0.954. The largest absolute Gasteiger partial charge is 0.369 e. The summed E-state index contributed by atoms with van der Waals surface area (Å²) in [5, 5.41) is 0. The SMILES string of the molecule is Cl.NC(=O)C1C=CCNOC1. The molecule has 0 aromatic heterocycles. The predicted molar refractivity (Wildman–Crippen MR) is 43.0 cm³/mol. The van der Waals surface area contributed by atoms with Crippen molar-refractivity contribution in [2.75, 3.05) is 13.2 Å². The van der Waals surface area contributed by atoms with Gasteiger partial charge >= 0.3 is 0 Å². The van der Waals surface area contributed by atoms with Gasteiger partial charge in [-0.3, -0.25) is 4.79 Å². The lowest BCUT2D eigenvalue weighted by Gasteiger charge is -2.04. The number of nitrogens with one attached hydrogen (secondary N) is 1. The molecule has 5 heteroatoms. The number of hydrogen-bond donors (Lipinski definition) is 2. The van der Waals surface area contributed by atoms with Gasteiger partial charge in [0.25, 0.3) is 0 Å². The van der Waals surface area contributed by atoms with Crippen molar-refractivity contribution in [1.82, 2.24) is 5.48 Å². The van der Waals surface area contributed by atoms with Crippen molar-refractivity contribution in [2.24, 2.45) is 11.7 Å². The highest BCUT2D eigenvalue weighted by Crippen LogP contribution is 1.99. The van der Waals surface area contributed by atoms with Crippen LogP contribution in [0, 0.1) is 5.92 Å². The second kappa shape index (κ2) is 5.12. The first-order chi connectivity index (χ1) is 4.80. The monoisotopic (exact) mass is 178 g/mol. The number of carbonyl (C=O) groups excluding carboxylic acids is 1. The number of halogens is 1. The molecule has 3 N–H and O–H groups in total. The molecule has 0 spiro atoms. The van der Waals surface area contributed by atoms with Crippen molar-refractivity contribution >= 4 is 18.3 Å². The van der Waals surface area contributed by atoms with Gasteiger partial charge in [0.2, 0.25) is 5.91 Å². The lowest BCUT2D eigenvalue weighted by Crippen LogP contribution is -2.26. The average Bonchev–Trinajstić information content (AvgIpc) is 2.12. The Morgan fingerprint density at radius 1 is 1.73 bits per heavy atom. The first-order valence-electron chi connectivity index (χ1n) is 3.11. The van der Waals surface area contributed by atoms with Crippen molar-refractivity contribution in [3.8, 4) is 0 Å². The van der Waals surface area contributed by atoms with Crippen LogP contribution >= 0.6 is 12.4 Å². The van der Waals surface area contributed by atoms with Gasteiger partial charge in [-0.15, -0.1) is 12.4 Å². The molecule has 0 aromatic carbocycles. The molecule has 1 aliphatic rings. The summed E-state index contributed by atoms with van der Waals surface area (Å²) < 4.78 is 0. The molecule has 1 rings (SSSR count). The van der Waals surface area contributed by atoms with Gasteiger partial charge in [0, 0.05) is 6.54 Å². The maximum atomic E-state index is 10.6. The van der Waals surface area contributed by atoms with Crippen molar-refractivity contribution < 1.29 is 9.63 Å². The van der Waals surface area contributed by atoms with Gasteiger partial charge in [0.05, 0.1) is 12.5 Å². The van der Waals surface area contributed by atoms with Crippen LogP contribution in [0.2, 0.25) is 0 Å². The van der Waals surface area contributed by atoms with Crippen molar-refractivity contribution in [2.45, 2.75) is 0 Å². The topological polar surface area (TPSA) is 64.4 Å². The molecule has 1 unspecified atom stereocenters. The van der Waals surface area contributed by atoms with Crippen LogP contribution in [0.5, 0.6) is 0 Å². The zero-order valence-corrected chi connectivity index (χ0v) is 6.76. The minimum atomic E-state index is -0.347. The Bertz CT molecular complexity index is 161. The molecule has 0 fully saturated rings. The third-order valence-electron chi connectivity index (χ3n) is 1.30. The number of amides is 1.